The van der Waals surface area contributed by atoms with Gasteiger partial charge in [-0.15, -0.1) is 0 Å². The van der Waals surface area contributed by atoms with E-state index < -0.39 is 34.8 Å². The molecule has 0 aliphatic carbocycles. The van der Waals surface area contributed by atoms with Crippen LogP contribution in [0.5, 0.6) is 0 Å². The van der Waals surface area contributed by atoms with Crippen LogP contribution in [0.15, 0.2) is 36.4 Å². The smallest absolute Gasteiger partial charge is 0.257 e. The molecule has 0 spiro atoms. The summed E-state index contributed by atoms with van der Waals surface area (Å²) >= 11 is 0. The van der Waals surface area contributed by atoms with Crippen LogP contribution in [0.3, 0.4) is 0 Å². The van der Waals surface area contributed by atoms with Crippen molar-refractivity contribution in [3.05, 3.63) is 70.5 Å². The van der Waals surface area contributed by atoms with Crippen LogP contribution in [0.25, 0.3) is 0 Å². The van der Waals surface area contributed by atoms with Crippen LogP contribution in [0.2, 0.25) is 0 Å². The minimum Gasteiger partial charge on any atom is -0.350 e. The van der Waals surface area contributed by atoms with Crippen molar-refractivity contribution in [3.63, 3.8) is 0 Å². The fourth-order valence-corrected chi connectivity index (χ4v) is 1.99. The third-order valence-electron chi connectivity index (χ3n) is 3.32. The number of halogens is 3. The second-order valence-corrected chi connectivity index (χ2v) is 5.07. The van der Waals surface area contributed by atoms with Crippen molar-refractivity contribution in [1.29, 1.82) is 0 Å². The van der Waals surface area contributed by atoms with Gasteiger partial charge in [0.1, 0.15) is 23.0 Å². The van der Waals surface area contributed by atoms with E-state index in [0.717, 1.165) is 24.3 Å². The lowest BCUT2D eigenvalue weighted by atomic mass is 10.1. The lowest BCUT2D eigenvalue weighted by Gasteiger charge is -2.09. The first-order chi connectivity index (χ1) is 11.4. The number of hydrogen-bond acceptors (Lipinski definition) is 2. The van der Waals surface area contributed by atoms with Gasteiger partial charge in [0.15, 0.2) is 0 Å². The molecule has 0 saturated heterocycles. The van der Waals surface area contributed by atoms with Gasteiger partial charge in [-0.1, -0.05) is 12.1 Å². The summed E-state index contributed by atoms with van der Waals surface area (Å²) in [4.78, 5) is 23.6. The van der Waals surface area contributed by atoms with Crippen LogP contribution in [-0.4, -0.2) is 24.9 Å². The summed E-state index contributed by atoms with van der Waals surface area (Å²) in [5, 5.41) is 4.77. The van der Waals surface area contributed by atoms with Crippen LogP contribution in [0.4, 0.5) is 13.2 Å². The summed E-state index contributed by atoms with van der Waals surface area (Å²) in [5.74, 6) is -3.86. The molecular weight excluding hydrogens is 321 g/mol. The Kier molecular flexibility index (Phi) is 5.57. The molecule has 2 aromatic rings. The fraction of sp³-hybridized carbons (Fsp3) is 0.176. The second-order valence-electron chi connectivity index (χ2n) is 5.07. The molecule has 4 nitrogen and oxygen atoms in total. The molecule has 0 heterocycles. The number of benzene rings is 2. The highest BCUT2D eigenvalue weighted by atomic mass is 19.1. The zero-order valence-corrected chi connectivity index (χ0v) is 12.8. The zero-order valence-electron chi connectivity index (χ0n) is 12.8. The van der Waals surface area contributed by atoms with Gasteiger partial charge in [-0.2, -0.15) is 0 Å². The Hall–Kier alpha value is -2.83. The van der Waals surface area contributed by atoms with E-state index in [-0.39, 0.29) is 18.7 Å². The van der Waals surface area contributed by atoms with Crippen molar-refractivity contribution >= 4 is 11.8 Å². The van der Waals surface area contributed by atoms with E-state index in [9.17, 15) is 22.8 Å². The molecule has 0 unspecified atom stereocenters. The third-order valence-corrected chi connectivity index (χ3v) is 3.32. The molecule has 0 saturated carbocycles. The first kappa shape index (κ1) is 17.5. The van der Waals surface area contributed by atoms with Gasteiger partial charge in [-0.3, -0.25) is 9.59 Å². The highest BCUT2D eigenvalue weighted by Crippen LogP contribution is 2.11. The summed E-state index contributed by atoms with van der Waals surface area (Å²) in [7, 11) is 0. The molecule has 2 aromatic carbocycles. The largest absolute Gasteiger partial charge is 0.350 e. The average molecular weight is 336 g/mol. The minimum atomic E-state index is -0.966. The van der Waals surface area contributed by atoms with Gasteiger partial charge in [0.05, 0.1) is 0 Å². The van der Waals surface area contributed by atoms with Crippen LogP contribution in [-0.2, 0) is 0 Å². The molecule has 0 aromatic heterocycles. The highest BCUT2D eigenvalue weighted by Gasteiger charge is 2.16. The maximum Gasteiger partial charge on any atom is 0.257 e. The van der Waals surface area contributed by atoms with Gasteiger partial charge >= 0.3 is 0 Å². The molecule has 2 amide bonds. The van der Waals surface area contributed by atoms with Gasteiger partial charge in [0, 0.05) is 18.7 Å². The van der Waals surface area contributed by atoms with Gasteiger partial charge in [0.25, 0.3) is 11.8 Å². The summed E-state index contributed by atoms with van der Waals surface area (Å²) in [6.45, 7) is 1.57. The van der Waals surface area contributed by atoms with Crippen LogP contribution in [0, 0.1) is 24.4 Å². The Morgan fingerprint density at radius 3 is 2.04 bits per heavy atom. The van der Waals surface area contributed by atoms with Crippen molar-refractivity contribution in [3.8, 4) is 0 Å². The summed E-state index contributed by atoms with van der Waals surface area (Å²) in [6.07, 6.45) is 0. The Bertz CT molecular complexity index is 758. The van der Waals surface area contributed by atoms with Crippen molar-refractivity contribution in [2.24, 2.45) is 0 Å². The summed E-state index contributed by atoms with van der Waals surface area (Å²) < 4.78 is 40.2. The number of aryl methyl sites for hydroxylation is 1. The number of carbonyl (C=O) groups is 2. The summed E-state index contributed by atoms with van der Waals surface area (Å²) in [6, 6.07) is 7.17. The van der Waals surface area contributed by atoms with Gasteiger partial charge < -0.3 is 10.6 Å². The van der Waals surface area contributed by atoms with E-state index in [1.807, 2.05) is 0 Å². The van der Waals surface area contributed by atoms with Crippen molar-refractivity contribution in [2.45, 2.75) is 6.92 Å². The summed E-state index contributed by atoms with van der Waals surface area (Å²) in [5.41, 5.74) is -0.111. The monoisotopic (exact) mass is 336 g/mol. The van der Waals surface area contributed by atoms with Gasteiger partial charge in [0.2, 0.25) is 0 Å². The Balaban J connectivity index is 1.85. The molecular formula is C17H15F3N2O2. The number of nitrogens with one attached hydrogen (secondary N) is 2. The molecule has 0 atom stereocenters. The van der Waals surface area contributed by atoms with Crippen LogP contribution < -0.4 is 10.6 Å². The normalized spacial score (nSPS) is 10.3. The standard InChI is InChI=1S/C17H15F3N2O2/c1-10-5-6-11(9-14(10)20)16(23)21-7-8-22-17(24)15-12(18)3-2-4-13(15)19/h2-6,9H,7-8H2,1H3,(H,21,23)(H,22,24). The maximum absolute atomic E-state index is 13.4. The average Bonchev–Trinajstić information content (AvgIpc) is 2.53. The molecule has 2 rings (SSSR count). The SMILES string of the molecule is Cc1ccc(C(=O)NCCNC(=O)c2c(F)cccc2F)cc1F. The van der Waals surface area contributed by atoms with Gasteiger partial charge in [-0.25, -0.2) is 13.2 Å². The number of hydrogen-bond donors (Lipinski definition) is 2. The first-order valence-electron chi connectivity index (χ1n) is 7.16. The molecule has 0 radical (unpaired) electrons. The van der Waals surface area contributed by atoms with Crippen LogP contribution in [0.1, 0.15) is 26.3 Å². The van der Waals surface area contributed by atoms with Crippen LogP contribution >= 0.6 is 0 Å². The second kappa shape index (κ2) is 7.63. The van der Waals surface area contributed by atoms with Crippen molar-refractivity contribution < 1.29 is 22.8 Å². The molecule has 7 heteroatoms. The van der Waals surface area contributed by atoms with Gasteiger partial charge in [-0.05, 0) is 36.8 Å². The van der Waals surface area contributed by atoms with Crippen molar-refractivity contribution in [1.82, 2.24) is 10.6 Å². The Morgan fingerprint density at radius 2 is 1.46 bits per heavy atom. The van der Waals surface area contributed by atoms with E-state index in [0.29, 0.717) is 5.56 Å². The maximum atomic E-state index is 13.4. The third kappa shape index (κ3) is 4.13. The first-order valence-corrected chi connectivity index (χ1v) is 7.16. The molecule has 2 N–H and O–H groups in total. The Labute approximate surface area is 136 Å². The molecule has 0 aliphatic heterocycles. The highest BCUT2D eigenvalue weighted by molar-refractivity contribution is 5.95. The topological polar surface area (TPSA) is 58.2 Å². The van der Waals surface area contributed by atoms with E-state index in [4.69, 9.17) is 0 Å². The molecule has 0 fully saturated rings. The lowest BCUT2D eigenvalue weighted by Crippen LogP contribution is -2.35. The van der Waals surface area contributed by atoms with Crippen molar-refractivity contribution in [2.75, 3.05) is 13.1 Å². The zero-order chi connectivity index (χ0) is 17.7. The predicted molar refractivity (Wildman–Crippen MR) is 82.2 cm³/mol. The number of carbonyl (C=O) groups excluding carboxylic acids is 2. The van der Waals surface area contributed by atoms with E-state index in [1.54, 1.807) is 6.92 Å². The van der Waals surface area contributed by atoms with E-state index in [2.05, 4.69) is 10.6 Å². The Morgan fingerprint density at radius 1 is 0.875 bits per heavy atom. The molecule has 0 aliphatic rings. The number of amides is 2. The minimum absolute atomic E-state index is 0.0239. The lowest BCUT2D eigenvalue weighted by molar-refractivity contribution is 0.0922. The quantitative estimate of drug-likeness (QED) is 0.825. The molecule has 24 heavy (non-hydrogen) atoms. The molecule has 126 valence electrons. The van der Waals surface area contributed by atoms with E-state index >= 15 is 0 Å². The fourth-order valence-electron chi connectivity index (χ4n) is 1.99. The molecule has 0 bridgehead atoms. The predicted octanol–water partition coefficient (Wildman–Crippen LogP) is 2.57. The number of rotatable bonds is 5. The van der Waals surface area contributed by atoms with E-state index in [1.165, 1.54) is 12.1 Å².